The third-order valence-electron chi connectivity index (χ3n) is 6.88. The fraction of sp³-hybridized carbons (Fsp3) is 0.478. The van der Waals surface area contributed by atoms with E-state index in [1.807, 2.05) is 4.90 Å². The van der Waals surface area contributed by atoms with Crippen LogP contribution < -0.4 is 4.74 Å². The summed E-state index contributed by atoms with van der Waals surface area (Å²) in [7, 11) is 0. The first-order valence-corrected chi connectivity index (χ1v) is 11.3. The van der Waals surface area contributed by atoms with E-state index in [-0.39, 0.29) is 35.3 Å². The highest BCUT2D eigenvalue weighted by Crippen LogP contribution is 2.34. The molecule has 34 heavy (non-hydrogen) atoms. The molecule has 3 heterocycles. The number of carbonyl (C=O) groups excluding carboxylic acids is 2. The lowest BCUT2D eigenvalue weighted by Crippen LogP contribution is -2.39. The maximum absolute atomic E-state index is 13.0. The molecule has 2 fully saturated rings. The summed E-state index contributed by atoms with van der Waals surface area (Å²) >= 11 is 0. The molecule has 1 unspecified atom stereocenters. The molecule has 180 valence electrons. The Kier molecular flexibility index (Phi) is 5.78. The van der Waals surface area contributed by atoms with E-state index < -0.39 is 6.36 Å². The Labute approximate surface area is 193 Å². The van der Waals surface area contributed by atoms with Gasteiger partial charge < -0.3 is 14.5 Å². The fourth-order valence-electron chi connectivity index (χ4n) is 5.16. The molecular formula is C23H24F3N5O3. The van der Waals surface area contributed by atoms with Gasteiger partial charge in [-0.05, 0) is 36.6 Å². The van der Waals surface area contributed by atoms with E-state index in [9.17, 15) is 22.8 Å². The molecule has 8 nitrogen and oxygen atoms in total. The number of hydrogen-bond donors (Lipinski definition) is 1. The molecule has 1 aromatic heterocycles. The molecule has 2 aliphatic heterocycles. The monoisotopic (exact) mass is 475 g/mol. The van der Waals surface area contributed by atoms with Crippen LogP contribution in [0.15, 0.2) is 30.3 Å². The van der Waals surface area contributed by atoms with Gasteiger partial charge in [0.1, 0.15) is 5.75 Å². The van der Waals surface area contributed by atoms with Crippen molar-refractivity contribution < 1.29 is 27.5 Å². The van der Waals surface area contributed by atoms with Crippen LogP contribution in [0.2, 0.25) is 0 Å². The van der Waals surface area contributed by atoms with E-state index in [0.717, 1.165) is 24.2 Å². The van der Waals surface area contributed by atoms with Crippen LogP contribution in [-0.2, 0) is 22.4 Å². The molecule has 0 radical (unpaired) electrons. The molecule has 3 atom stereocenters. The molecule has 0 bridgehead atoms. The number of nitrogens with zero attached hydrogens (tertiary/aromatic N) is 4. The lowest BCUT2D eigenvalue weighted by Gasteiger charge is -2.27. The molecular weight excluding hydrogens is 451 g/mol. The second-order valence-electron chi connectivity index (χ2n) is 9.13. The van der Waals surface area contributed by atoms with E-state index in [2.05, 4.69) is 20.1 Å². The average Bonchev–Trinajstić information content (AvgIpc) is 3.51. The van der Waals surface area contributed by atoms with Crippen molar-refractivity contribution in [3.05, 3.63) is 47.3 Å². The van der Waals surface area contributed by atoms with Crippen molar-refractivity contribution in [1.82, 2.24) is 25.2 Å². The van der Waals surface area contributed by atoms with Crippen molar-refractivity contribution in [2.75, 3.05) is 26.2 Å². The lowest BCUT2D eigenvalue weighted by molar-refractivity contribution is -0.274. The highest BCUT2D eigenvalue weighted by Gasteiger charge is 2.44. The summed E-state index contributed by atoms with van der Waals surface area (Å²) in [6, 6.07) is 5.33. The van der Waals surface area contributed by atoms with Crippen LogP contribution in [0, 0.1) is 17.8 Å². The Hall–Kier alpha value is -3.37. The zero-order chi connectivity index (χ0) is 23.9. The Morgan fingerprint density at radius 2 is 1.74 bits per heavy atom. The van der Waals surface area contributed by atoms with Crippen LogP contribution in [0.1, 0.15) is 23.4 Å². The average molecular weight is 475 g/mol. The largest absolute Gasteiger partial charge is 0.573 e. The number of rotatable bonds is 4. The summed E-state index contributed by atoms with van der Waals surface area (Å²) in [6.45, 7) is 2.49. The standard InChI is InChI=1S/C23H24F3N5O3/c24-23(25,26)34-18-5-1-14(2-6-18)3-8-21(32)30-10-16-12-31(13-17(16)11-30)22(33)15-4-7-19-20(9-15)28-29-27-19/h1-3,5-6,8,15-17H,4,7,9-13H2,(H,27,28,29)/t15?,16-,17+. The van der Waals surface area contributed by atoms with E-state index >= 15 is 0 Å². The number of benzene rings is 1. The quantitative estimate of drug-likeness (QED) is 0.686. The maximum atomic E-state index is 13.0. The number of nitrogens with one attached hydrogen (secondary N) is 1. The molecule has 0 saturated carbocycles. The third-order valence-corrected chi connectivity index (χ3v) is 6.88. The Balaban J connectivity index is 1.12. The molecule has 1 aromatic carbocycles. The first kappa shape index (κ1) is 22.4. The van der Waals surface area contributed by atoms with Crippen molar-refractivity contribution in [3.63, 3.8) is 0 Å². The highest BCUT2D eigenvalue weighted by atomic mass is 19.4. The van der Waals surface area contributed by atoms with Gasteiger partial charge in [-0.1, -0.05) is 17.3 Å². The minimum atomic E-state index is -4.74. The SMILES string of the molecule is O=C(C=Cc1ccc(OC(F)(F)F)cc1)N1C[C@@H]2CN(C(=O)C3CCc4[nH]nnc4C3)C[C@@H]2C1. The number of aryl methyl sites for hydroxylation is 1. The van der Waals surface area contributed by atoms with Crippen LogP contribution in [-0.4, -0.2) is 69.6 Å². The van der Waals surface area contributed by atoms with Gasteiger partial charge in [0, 0.05) is 56.4 Å². The fourth-order valence-corrected chi connectivity index (χ4v) is 5.16. The van der Waals surface area contributed by atoms with Crippen LogP contribution >= 0.6 is 0 Å². The number of halogens is 3. The summed E-state index contributed by atoms with van der Waals surface area (Å²) in [5.74, 6) is 0.160. The summed E-state index contributed by atoms with van der Waals surface area (Å²) in [5, 5.41) is 10.8. The molecule has 0 spiro atoms. The number of aromatic amines is 1. The van der Waals surface area contributed by atoms with Crippen molar-refractivity contribution in [3.8, 4) is 5.75 Å². The van der Waals surface area contributed by atoms with Crippen molar-refractivity contribution in [2.45, 2.75) is 25.6 Å². The second kappa shape index (κ2) is 8.77. The second-order valence-corrected chi connectivity index (χ2v) is 9.13. The summed E-state index contributed by atoms with van der Waals surface area (Å²) in [5.41, 5.74) is 2.51. The van der Waals surface area contributed by atoms with Gasteiger partial charge in [-0.3, -0.25) is 14.7 Å². The number of likely N-dealkylation sites (tertiary alicyclic amines) is 2. The lowest BCUT2D eigenvalue weighted by atomic mass is 9.89. The first-order valence-electron chi connectivity index (χ1n) is 11.3. The number of ether oxygens (including phenoxy) is 1. The van der Waals surface area contributed by atoms with E-state index in [1.54, 1.807) is 11.0 Å². The molecule has 2 saturated heterocycles. The Bertz CT molecular complexity index is 1080. The van der Waals surface area contributed by atoms with Crippen LogP contribution in [0.25, 0.3) is 6.08 Å². The van der Waals surface area contributed by atoms with Gasteiger partial charge in [-0.25, -0.2) is 0 Å². The van der Waals surface area contributed by atoms with Gasteiger partial charge in [-0.15, -0.1) is 18.3 Å². The zero-order valence-electron chi connectivity index (χ0n) is 18.3. The third kappa shape index (κ3) is 4.78. The predicted molar refractivity (Wildman–Crippen MR) is 114 cm³/mol. The zero-order valence-corrected chi connectivity index (χ0v) is 18.3. The van der Waals surface area contributed by atoms with Gasteiger partial charge in [0.15, 0.2) is 0 Å². The molecule has 11 heteroatoms. The van der Waals surface area contributed by atoms with Gasteiger partial charge in [-0.2, -0.15) is 0 Å². The topological polar surface area (TPSA) is 91.4 Å². The smallest absolute Gasteiger partial charge is 0.406 e. The van der Waals surface area contributed by atoms with E-state index in [0.29, 0.717) is 38.2 Å². The molecule has 2 aromatic rings. The van der Waals surface area contributed by atoms with Gasteiger partial charge in [0.25, 0.3) is 0 Å². The number of amides is 2. The van der Waals surface area contributed by atoms with Crippen LogP contribution in [0.3, 0.4) is 0 Å². The number of fused-ring (bicyclic) bond motifs is 2. The van der Waals surface area contributed by atoms with Gasteiger partial charge in [0.05, 0.1) is 11.4 Å². The maximum Gasteiger partial charge on any atom is 0.573 e. The van der Waals surface area contributed by atoms with Crippen molar-refractivity contribution in [2.24, 2.45) is 17.8 Å². The number of alkyl halides is 3. The van der Waals surface area contributed by atoms with Crippen LogP contribution in [0.5, 0.6) is 5.75 Å². The summed E-state index contributed by atoms with van der Waals surface area (Å²) in [6.07, 6.45) is 0.464. The Morgan fingerprint density at radius 1 is 1.06 bits per heavy atom. The van der Waals surface area contributed by atoms with E-state index in [1.165, 1.54) is 30.3 Å². The summed E-state index contributed by atoms with van der Waals surface area (Å²) < 4.78 is 40.6. The van der Waals surface area contributed by atoms with Gasteiger partial charge in [0.2, 0.25) is 11.8 Å². The minimum Gasteiger partial charge on any atom is -0.406 e. The van der Waals surface area contributed by atoms with Crippen LogP contribution in [0.4, 0.5) is 13.2 Å². The predicted octanol–water partition coefficient (Wildman–Crippen LogP) is 2.44. The van der Waals surface area contributed by atoms with E-state index in [4.69, 9.17) is 0 Å². The molecule has 5 rings (SSSR count). The van der Waals surface area contributed by atoms with Crippen molar-refractivity contribution >= 4 is 17.9 Å². The Morgan fingerprint density at radius 3 is 2.41 bits per heavy atom. The van der Waals surface area contributed by atoms with Gasteiger partial charge >= 0.3 is 6.36 Å². The molecule has 1 aliphatic carbocycles. The molecule has 1 N–H and O–H groups in total. The number of hydrogen-bond acceptors (Lipinski definition) is 5. The number of carbonyl (C=O) groups is 2. The highest BCUT2D eigenvalue weighted by molar-refractivity contribution is 5.92. The number of aromatic nitrogens is 3. The molecule has 3 aliphatic rings. The normalized spacial score (nSPS) is 24.4. The number of H-pyrrole nitrogens is 1. The van der Waals surface area contributed by atoms with Crippen molar-refractivity contribution in [1.29, 1.82) is 0 Å². The summed E-state index contributed by atoms with van der Waals surface area (Å²) in [4.78, 5) is 29.4. The molecule has 2 amide bonds. The first-order chi connectivity index (χ1) is 16.2. The minimum absolute atomic E-state index is 0.0648.